The van der Waals surface area contributed by atoms with E-state index < -0.39 is 0 Å². The van der Waals surface area contributed by atoms with E-state index in [1.807, 2.05) is 60.7 Å². The van der Waals surface area contributed by atoms with E-state index in [1.54, 1.807) is 27.2 Å². The summed E-state index contributed by atoms with van der Waals surface area (Å²) < 4.78 is 22.4. The number of ether oxygens (including phenoxy) is 4. The van der Waals surface area contributed by atoms with Crippen LogP contribution in [0.3, 0.4) is 0 Å². The van der Waals surface area contributed by atoms with Crippen molar-refractivity contribution >= 4 is 22.8 Å². The Labute approximate surface area is 205 Å². The van der Waals surface area contributed by atoms with E-state index in [2.05, 4.69) is 19.1 Å². The number of hydrogen-bond donors (Lipinski definition) is 0. The largest absolute Gasteiger partial charge is 0.497 e. The maximum atomic E-state index is 11.6. The standard InChI is InChI=1S/C30H28O5/c1-5-34-28(31)16-11-21-9-12-24(13-10-21)35-30-27-15-14-26(33-4)19-23(27)17-20(2)29(30)22-7-6-8-25(18-22)32-3/h6-19H,5H2,1-4H3. The Bertz CT molecular complexity index is 1370. The highest BCUT2D eigenvalue weighted by Crippen LogP contribution is 2.43. The zero-order valence-electron chi connectivity index (χ0n) is 20.3. The Morgan fingerprint density at radius 2 is 1.57 bits per heavy atom. The van der Waals surface area contributed by atoms with Crippen LogP contribution in [0, 0.1) is 6.92 Å². The molecule has 0 saturated heterocycles. The molecule has 4 aromatic carbocycles. The van der Waals surface area contributed by atoms with E-state index in [4.69, 9.17) is 18.9 Å². The molecule has 35 heavy (non-hydrogen) atoms. The minimum Gasteiger partial charge on any atom is -0.497 e. The smallest absolute Gasteiger partial charge is 0.330 e. The van der Waals surface area contributed by atoms with Gasteiger partial charge in [-0.2, -0.15) is 0 Å². The van der Waals surface area contributed by atoms with Crippen molar-refractivity contribution in [3.63, 3.8) is 0 Å². The molecule has 5 heteroatoms. The van der Waals surface area contributed by atoms with Crippen molar-refractivity contribution in [2.45, 2.75) is 13.8 Å². The summed E-state index contributed by atoms with van der Waals surface area (Å²) in [6.07, 6.45) is 3.14. The first kappa shape index (κ1) is 23.9. The molecule has 178 valence electrons. The molecule has 0 aromatic heterocycles. The van der Waals surface area contributed by atoms with Gasteiger partial charge in [0.1, 0.15) is 23.0 Å². The summed E-state index contributed by atoms with van der Waals surface area (Å²) in [5, 5.41) is 2.00. The molecule has 0 heterocycles. The van der Waals surface area contributed by atoms with Gasteiger partial charge in [-0.1, -0.05) is 30.3 Å². The fourth-order valence-electron chi connectivity index (χ4n) is 3.98. The van der Waals surface area contributed by atoms with Gasteiger partial charge in [-0.3, -0.25) is 0 Å². The van der Waals surface area contributed by atoms with E-state index in [-0.39, 0.29) is 5.97 Å². The number of fused-ring (bicyclic) bond motifs is 1. The summed E-state index contributed by atoms with van der Waals surface area (Å²) in [6, 6.07) is 23.6. The van der Waals surface area contributed by atoms with Crippen LogP contribution in [0.4, 0.5) is 0 Å². The summed E-state index contributed by atoms with van der Waals surface area (Å²) in [5.41, 5.74) is 3.94. The van der Waals surface area contributed by atoms with Gasteiger partial charge in [-0.05, 0) is 84.5 Å². The van der Waals surface area contributed by atoms with Gasteiger partial charge in [-0.25, -0.2) is 4.79 Å². The first-order valence-corrected chi connectivity index (χ1v) is 11.4. The van der Waals surface area contributed by atoms with Crippen LogP contribution in [-0.2, 0) is 9.53 Å². The molecule has 5 nitrogen and oxygen atoms in total. The van der Waals surface area contributed by atoms with Crippen molar-refractivity contribution in [2.75, 3.05) is 20.8 Å². The molecule has 0 aliphatic heterocycles. The fourth-order valence-corrected chi connectivity index (χ4v) is 3.98. The average Bonchev–Trinajstić information content (AvgIpc) is 2.88. The van der Waals surface area contributed by atoms with E-state index in [0.29, 0.717) is 12.4 Å². The van der Waals surface area contributed by atoms with Gasteiger partial charge in [0.15, 0.2) is 0 Å². The second kappa shape index (κ2) is 10.8. The molecule has 0 spiro atoms. The molecule has 4 aromatic rings. The van der Waals surface area contributed by atoms with Crippen molar-refractivity contribution in [2.24, 2.45) is 0 Å². The first-order valence-electron chi connectivity index (χ1n) is 11.4. The number of hydrogen-bond acceptors (Lipinski definition) is 5. The number of aryl methyl sites for hydroxylation is 1. The number of benzene rings is 4. The van der Waals surface area contributed by atoms with Gasteiger partial charge < -0.3 is 18.9 Å². The lowest BCUT2D eigenvalue weighted by atomic mass is 9.94. The van der Waals surface area contributed by atoms with Crippen molar-refractivity contribution < 1.29 is 23.7 Å². The molecule has 0 bridgehead atoms. The van der Waals surface area contributed by atoms with Crippen molar-refractivity contribution in [3.8, 4) is 34.1 Å². The molecule has 0 radical (unpaired) electrons. The Kier molecular flexibility index (Phi) is 7.36. The van der Waals surface area contributed by atoms with Crippen LogP contribution in [0.1, 0.15) is 18.1 Å². The molecule has 0 aliphatic carbocycles. The summed E-state index contributed by atoms with van der Waals surface area (Å²) >= 11 is 0. The highest BCUT2D eigenvalue weighted by molar-refractivity contribution is 5.98. The number of rotatable bonds is 8. The third kappa shape index (κ3) is 5.46. The third-order valence-corrected chi connectivity index (χ3v) is 5.65. The van der Waals surface area contributed by atoms with Crippen LogP contribution in [0.15, 0.2) is 78.9 Å². The zero-order chi connectivity index (χ0) is 24.8. The van der Waals surface area contributed by atoms with E-state index >= 15 is 0 Å². The second-order valence-electron chi connectivity index (χ2n) is 7.97. The Morgan fingerprint density at radius 3 is 2.29 bits per heavy atom. The van der Waals surface area contributed by atoms with Gasteiger partial charge in [-0.15, -0.1) is 0 Å². The summed E-state index contributed by atoms with van der Waals surface area (Å²) in [6.45, 7) is 4.20. The van der Waals surface area contributed by atoms with Crippen LogP contribution >= 0.6 is 0 Å². The second-order valence-corrected chi connectivity index (χ2v) is 7.97. The highest BCUT2D eigenvalue weighted by Gasteiger charge is 2.17. The molecular weight excluding hydrogens is 440 g/mol. The number of methoxy groups -OCH3 is 2. The molecule has 4 rings (SSSR count). The molecule has 0 atom stereocenters. The average molecular weight is 469 g/mol. The maximum absolute atomic E-state index is 11.6. The van der Waals surface area contributed by atoms with Gasteiger partial charge in [0.2, 0.25) is 0 Å². The van der Waals surface area contributed by atoms with Crippen molar-refractivity contribution in [1.82, 2.24) is 0 Å². The monoisotopic (exact) mass is 468 g/mol. The molecule has 0 aliphatic rings. The quantitative estimate of drug-likeness (QED) is 0.202. The Morgan fingerprint density at radius 1 is 0.857 bits per heavy atom. The zero-order valence-corrected chi connectivity index (χ0v) is 20.3. The van der Waals surface area contributed by atoms with Crippen molar-refractivity contribution in [3.05, 3.63) is 90.0 Å². The van der Waals surface area contributed by atoms with Gasteiger partial charge >= 0.3 is 5.97 Å². The summed E-state index contributed by atoms with van der Waals surface area (Å²) in [5.74, 6) is 2.64. The maximum Gasteiger partial charge on any atom is 0.330 e. The van der Waals surface area contributed by atoms with Crippen LogP contribution < -0.4 is 14.2 Å². The minimum atomic E-state index is -0.364. The topological polar surface area (TPSA) is 54.0 Å². The van der Waals surface area contributed by atoms with Crippen LogP contribution in [0.5, 0.6) is 23.0 Å². The summed E-state index contributed by atoms with van der Waals surface area (Å²) in [7, 11) is 3.32. The Hall–Kier alpha value is -4.25. The minimum absolute atomic E-state index is 0.349. The summed E-state index contributed by atoms with van der Waals surface area (Å²) in [4.78, 5) is 11.6. The Balaban J connectivity index is 1.78. The van der Waals surface area contributed by atoms with E-state index in [9.17, 15) is 4.79 Å². The lowest BCUT2D eigenvalue weighted by Gasteiger charge is -2.18. The molecule has 0 unspecified atom stereocenters. The van der Waals surface area contributed by atoms with Crippen molar-refractivity contribution in [1.29, 1.82) is 0 Å². The van der Waals surface area contributed by atoms with Crippen LogP contribution in [-0.4, -0.2) is 26.8 Å². The van der Waals surface area contributed by atoms with Gasteiger partial charge in [0.25, 0.3) is 0 Å². The normalized spacial score (nSPS) is 11.0. The highest BCUT2D eigenvalue weighted by atomic mass is 16.5. The van der Waals surface area contributed by atoms with E-state index in [0.717, 1.165) is 50.3 Å². The lowest BCUT2D eigenvalue weighted by Crippen LogP contribution is -1.98. The van der Waals surface area contributed by atoms with Crippen LogP contribution in [0.25, 0.3) is 28.0 Å². The predicted octanol–water partition coefficient (Wildman–Crippen LogP) is 7.20. The number of esters is 1. The molecule has 0 N–H and O–H groups in total. The van der Waals surface area contributed by atoms with Crippen LogP contribution in [0.2, 0.25) is 0 Å². The SMILES string of the molecule is CCOC(=O)C=Cc1ccc(Oc2c(-c3cccc(OC)c3)c(C)cc3cc(OC)ccc23)cc1. The van der Waals surface area contributed by atoms with Gasteiger partial charge in [0.05, 0.1) is 20.8 Å². The molecule has 0 amide bonds. The number of carbonyl (C=O) groups excluding carboxylic acids is 1. The molecule has 0 fully saturated rings. The first-order chi connectivity index (χ1) is 17.0. The molecule has 0 saturated carbocycles. The van der Waals surface area contributed by atoms with Gasteiger partial charge in [0, 0.05) is 17.0 Å². The number of carbonyl (C=O) groups is 1. The third-order valence-electron chi connectivity index (χ3n) is 5.65. The van der Waals surface area contributed by atoms with E-state index in [1.165, 1.54) is 6.08 Å². The molecular formula is C30H28O5. The fraction of sp³-hybridized carbons (Fsp3) is 0.167. The predicted molar refractivity (Wildman–Crippen MR) is 139 cm³/mol. The lowest BCUT2D eigenvalue weighted by molar-refractivity contribution is -0.137.